The number of carbonyl (C=O) groups is 1. The van der Waals surface area contributed by atoms with Crippen LogP contribution in [0.2, 0.25) is 0 Å². The molecule has 1 unspecified atom stereocenters. The fraction of sp³-hybridized carbons (Fsp3) is 0.462. The van der Waals surface area contributed by atoms with E-state index in [4.69, 9.17) is 0 Å². The fourth-order valence-corrected chi connectivity index (χ4v) is 2.18. The van der Waals surface area contributed by atoms with E-state index in [0.29, 0.717) is 19.4 Å². The van der Waals surface area contributed by atoms with Crippen molar-refractivity contribution in [3.8, 4) is 0 Å². The molecule has 1 aromatic rings. The number of hydrogen-bond acceptors (Lipinski definition) is 3. The maximum absolute atomic E-state index is 11.5. The second-order valence-electron chi connectivity index (χ2n) is 4.47. The van der Waals surface area contributed by atoms with E-state index < -0.39 is 0 Å². The molecule has 1 aliphatic rings. The second kappa shape index (κ2) is 4.75. The van der Waals surface area contributed by atoms with Gasteiger partial charge in [0, 0.05) is 26.4 Å². The molecule has 0 spiro atoms. The van der Waals surface area contributed by atoms with Gasteiger partial charge in [0.2, 0.25) is 5.91 Å². The van der Waals surface area contributed by atoms with Crippen LogP contribution in [0.5, 0.6) is 0 Å². The van der Waals surface area contributed by atoms with Crippen LogP contribution in [0.4, 0.5) is 5.69 Å². The monoisotopic (exact) mass is 234 g/mol. The van der Waals surface area contributed by atoms with E-state index in [0.717, 1.165) is 11.3 Å². The van der Waals surface area contributed by atoms with E-state index in [9.17, 15) is 9.90 Å². The van der Waals surface area contributed by atoms with Crippen LogP contribution in [0.1, 0.15) is 18.9 Å². The lowest BCUT2D eigenvalue weighted by atomic mass is 10.1. The molecule has 2 rings (SSSR count). The summed E-state index contributed by atoms with van der Waals surface area (Å²) in [5.41, 5.74) is 2.09. The zero-order chi connectivity index (χ0) is 12.4. The van der Waals surface area contributed by atoms with Crippen LogP contribution in [0.15, 0.2) is 24.3 Å². The molecule has 17 heavy (non-hydrogen) atoms. The van der Waals surface area contributed by atoms with Gasteiger partial charge in [-0.05, 0) is 18.6 Å². The highest BCUT2D eigenvalue weighted by atomic mass is 16.3. The lowest BCUT2D eigenvalue weighted by molar-refractivity contribution is -0.126. The summed E-state index contributed by atoms with van der Waals surface area (Å²) in [5.74, 6) is 0.136. The summed E-state index contributed by atoms with van der Waals surface area (Å²) in [4.78, 5) is 11.5. The van der Waals surface area contributed by atoms with Gasteiger partial charge in [-0.25, -0.2) is 0 Å². The summed E-state index contributed by atoms with van der Waals surface area (Å²) < 4.78 is 0. The molecule has 1 fully saturated rings. The topological polar surface area (TPSA) is 43.8 Å². The van der Waals surface area contributed by atoms with Crippen LogP contribution in [-0.2, 0) is 11.2 Å². The largest absolute Gasteiger partial charge is 0.393 e. The zero-order valence-corrected chi connectivity index (χ0v) is 10.3. The molecule has 0 saturated carbocycles. The average molecular weight is 234 g/mol. The van der Waals surface area contributed by atoms with Gasteiger partial charge >= 0.3 is 0 Å². The van der Waals surface area contributed by atoms with E-state index in [1.807, 2.05) is 29.3 Å². The molecule has 4 heteroatoms. The highest BCUT2D eigenvalue weighted by molar-refractivity contribution is 5.81. The van der Waals surface area contributed by atoms with E-state index in [2.05, 4.69) is 0 Å². The summed E-state index contributed by atoms with van der Waals surface area (Å²) in [6.45, 7) is 2.49. The van der Waals surface area contributed by atoms with Crippen molar-refractivity contribution in [2.45, 2.75) is 25.9 Å². The SMILES string of the molecule is CC(O)Cc1ccccc1N1CCC(=O)N1C. The number of hydrazine groups is 1. The molecule has 92 valence electrons. The molecule has 0 aromatic heterocycles. The van der Waals surface area contributed by atoms with Crippen molar-refractivity contribution in [2.75, 3.05) is 18.6 Å². The summed E-state index contributed by atoms with van der Waals surface area (Å²) in [6, 6.07) is 7.90. The number of anilines is 1. The predicted molar refractivity (Wildman–Crippen MR) is 66.6 cm³/mol. The van der Waals surface area contributed by atoms with Crippen LogP contribution in [-0.4, -0.2) is 35.7 Å². The standard InChI is InChI=1S/C13H18N2O2/c1-10(16)9-11-5-3-4-6-12(11)15-8-7-13(17)14(15)2/h3-6,10,16H,7-9H2,1-2H3. The van der Waals surface area contributed by atoms with E-state index >= 15 is 0 Å². The quantitative estimate of drug-likeness (QED) is 0.854. The van der Waals surface area contributed by atoms with Gasteiger partial charge in [0.1, 0.15) is 0 Å². The minimum Gasteiger partial charge on any atom is -0.393 e. The molecule has 4 nitrogen and oxygen atoms in total. The first-order chi connectivity index (χ1) is 8.09. The molecule has 1 saturated heterocycles. The van der Waals surface area contributed by atoms with Crippen molar-refractivity contribution in [1.29, 1.82) is 0 Å². The number of aliphatic hydroxyl groups is 1. The van der Waals surface area contributed by atoms with Crippen LogP contribution < -0.4 is 5.01 Å². The Bertz CT molecular complexity index is 418. The maximum atomic E-state index is 11.5. The summed E-state index contributed by atoms with van der Waals surface area (Å²) in [7, 11) is 1.79. The van der Waals surface area contributed by atoms with E-state index in [1.54, 1.807) is 19.0 Å². The Morgan fingerprint density at radius 3 is 2.71 bits per heavy atom. The van der Waals surface area contributed by atoms with Gasteiger partial charge in [-0.15, -0.1) is 0 Å². The molecular weight excluding hydrogens is 216 g/mol. The van der Waals surface area contributed by atoms with Gasteiger partial charge in [-0.1, -0.05) is 18.2 Å². The molecule has 1 atom stereocenters. The van der Waals surface area contributed by atoms with Crippen LogP contribution >= 0.6 is 0 Å². The summed E-state index contributed by atoms with van der Waals surface area (Å²) in [6.07, 6.45) is 0.786. The highest BCUT2D eigenvalue weighted by Crippen LogP contribution is 2.26. The average Bonchev–Trinajstić information content (AvgIpc) is 2.60. The second-order valence-corrected chi connectivity index (χ2v) is 4.47. The van der Waals surface area contributed by atoms with Crippen molar-refractivity contribution in [2.24, 2.45) is 0 Å². The molecule has 0 aliphatic carbocycles. The molecule has 1 aliphatic heterocycles. The number of aliphatic hydroxyl groups excluding tert-OH is 1. The Balaban J connectivity index is 2.28. The smallest absolute Gasteiger partial charge is 0.242 e. The minimum absolute atomic E-state index is 0.136. The molecular formula is C13H18N2O2. The Morgan fingerprint density at radius 2 is 2.12 bits per heavy atom. The normalized spacial score (nSPS) is 17.7. The Kier molecular flexibility index (Phi) is 3.33. The van der Waals surface area contributed by atoms with Gasteiger partial charge in [0.25, 0.3) is 0 Å². The van der Waals surface area contributed by atoms with Crippen molar-refractivity contribution in [3.63, 3.8) is 0 Å². The number of para-hydroxylation sites is 1. The first kappa shape index (κ1) is 11.9. The Morgan fingerprint density at radius 1 is 1.41 bits per heavy atom. The van der Waals surface area contributed by atoms with Gasteiger partial charge in [0.05, 0.1) is 11.8 Å². The fourth-order valence-electron chi connectivity index (χ4n) is 2.18. The maximum Gasteiger partial charge on any atom is 0.242 e. The molecule has 0 bridgehead atoms. The zero-order valence-electron chi connectivity index (χ0n) is 10.3. The number of nitrogens with zero attached hydrogens (tertiary/aromatic N) is 2. The highest BCUT2D eigenvalue weighted by Gasteiger charge is 2.26. The van der Waals surface area contributed by atoms with Gasteiger partial charge in [-0.3, -0.25) is 14.8 Å². The lowest BCUT2D eigenvalue weighted by Gasteiger charge is -2.28. The molecule has 0 radical (unpaired) electrons. The van der Waals surface area contributed by atoms with Crippen LogP contribution in [0.3, 0.4) is 0 Å². The first-order valence-corrected chi connectivity index (χ1v) is 5.89. The number of hydrogen-bond donors (Lipinski definition) is 1. The first-order valence-electron chi connectivity index (χ1n) is 5.89. The predicted octanol–water partition coefficient (Wildman–Crippen LogP) is 1.19. The van der Waals surface area contributed by atoms with E-state index in [1.165, 1.54) is 0 Å². The van der Waals surface area contributed by atoms with Gasteiger partial charge in [-0.2, -0.15) is 0 Å². The van der Waals surface area contributed by atoms with Crippen molar-refractivity contribution >= 4 is 11.6 Å². The summed E-state index contributed by atoms with van der Waals surface area (Å²) >= 11 is 0. The molecule has 1 amide bonds. The third-order valence-corrected chi connectivity index (χ3v) is 3.05. The third kappa shape index (κ3) is 2.42. The van der Waals surface area contributed by atoms with Crippen molar-refractivity contribution in [3.05, 3.63) is 29.8 Å². The number of benzene rings is 1. The number of rotatable bonds is 3. The molecule has 1 N–H and O–H groups in total. The van der Waals surface area contributed by atoms with Crippen molar-refractivity contribution in [1.82, 2.24) is 5.01 Å². The number of carbonyl (C=O) groups excluding carboxylic acids is 1. The third-order valence-electron chi connectivity index (χ3n) is 3.05. The Labute approximate surface area is 101 Å². The van der Waals surface area contributed by atoms with E-state index in [-0.39, 0.29) is 12.0 Å². The molecule has 1 heterocycles. The van der Waals surface area contributed by atoms with Gasteiger partial charge in [0.15, 0.2) is 0 Å². The minimum atomic E-state index is -0.375. The van der Waals surface area contributed by atoms with Crippen LogP contribution in [0.25, 0.3) is 0 Å². The Hall–Kier alpha value is -1.55. The number of amides is 1. The van der Waals surface area contributed by atoms with Crippen LogP contribution in [0, 0.1) is 0 Å². The lowest BCUT2D eigenvalue weighted by Crippen LogP contribution is -2.36. The summed E-state index contributed by atoms with van der Waals surface area (Å²) in [5, 5.41) is 13.1. The van der Waals surface area contributed by atoms with Gasteiger partial charge < -0.3 is 5.11 Å². The molecule has 1 aromatic carbocycles. The van der Waals surface area contributed by atoms with Crippen molar-refractivity contribution < 1.29 is 9.90 Å².